The van der Waals surface area contributed by atoms with Crippen LogP contribution in [-0.2, 0) is 13.1 Å². The maximum absolute atomic E-state index is 4.37. The average Bonchev–Trinajstić information content (AvgIpc) is 2.92. The third-order valence-electron chi connectivity index (χ3n) is 4.30. The normalized spacial score (nSPS) is 11.9. The van der Waals surface area contributed by atoms with E-state index in [2.05, 4.69) is 96.5 Å². The fraction of sp³-hybridized carbons (Fsp3) is 0.400. The summed E-state index contributed by atoms with van der Waals surface area (Å²) in [4.78, 5) is 0. The van der Waals surface area contributed by atoms with Gasteiger partial charge in [0, 0.05) is 13.1 Å². The first-order valence-electron chi connectivity index (χ1n) is 8.56. The number of nitrogens with one attached hydrogen (secondary N) is 1. The highest BCUT2D eigenvalue weighted by molar-refractivity contribution is 9.10. The van der Waals surface area contributed by atoms with E-state index in [1.165, 1.54) is 16.7 Å². The Kier molecular flexibility index (Phi) is 4.87. The molecule has 0 unspecified atom stereocenters. The summed E-state index contributed by atoms with van der Waals surface area (Å²) in [5.74, 6) is 0. The van der Waals surface area contributed by atoms with Gasteiger partial charge in [0.25, 0.3) is 0 Å². The van der Waals surface area contributed by atoms with E-state index in [1.54, 1.807) is 0 Å². The minimum atomic E-state index is 0.160. The van der Waals surface area contributed by atoms with Gasteiger partial charge >= 0.3 is 0 Å². The van der Waals surface area contributed by atoms with E-state index in [4.69, 9.17) is 0 Å². The van der Waals surface area contributed by atoms with Gasteiger partial charge in [-0.05, 0) is 64.0 Å². The minimum absolute atomic E-state index is 0.160. The molecule has 132 valence electrons. The Hall–Kier alpha value is -1.88. The molecule has 0 bridgehead atoms. The largest absolute Gasteiger partial charge is 0.380 e. The molecular weight excluding hydrogens is 376 g/mol. The molecule has 0 aliphatic rings. The molecule has 5 heteroatoms. The van der Waals surface area contributed by atoms with Gasteiger partial charge in [0.05, 0.1) is 15.7 Å². The number of halogens is 1. The van der Waals surface area contributed by atoms with Gasteiger partial charge in [0.2, 0.25) is 0 Å². The maximum atomic E-state index is 4.37. The van der Waals surface area contributed by atoms with Crippen LogP contribution >= 0.6 is 15.9 Å². The van der Waals surface area contributed by atoms with Gasteiger partial charge in [0.15, 0.2) is 0 Å². The summed E-state index contributed by atoms with van der Waals surface area (Å²) < 4.78 is 2.95. The van der Waals surface area contributed by atoms with E-state index in [0.29, 0.717) is 0 Å². The molecule has 1 heterocycles. The first-order valence-corrected chi connectivity index (χ1v) is 9.35. The zero-order chi connectivity index (χ0) is 18.2. The van der Waals surface area contributed by atoms with Crippen molar-refractivity contribution in [2.45, 2.75) is 47.7 Å². The molecule has 0 fully saturated rings. The van der Waals surface area contributed by atoms with E-state index in [9.17, 15) is 0 Å². The van der Waals surface area contributed by atoms with Crippen molar-refractivity contribution in [3.05, 3.63) is 51.5 Å². The molecule has 0 aliphatic carbocycles. The Labute approximate surface area is 157 Å². The summed E-state index contributed by atoms with van der Waals surface area (Å²) in [5, 5.41) is 12.2. The Morgan fingerprint density at radius 2 is 1.84 bits per heavy atom. The fourth-order valence-electron chi connectivity index (χ4n) is 2.82. The molecule has 0 spiro atoms. The predicted octanol–water partition coefficient (Wildman–Crippen LogP) is 5.47. The molecule has 0 atom stereocenters. The lowest BCUT2D eigenvalue weighted by molar-refractivity contribution is 0.327. The molecule has 0 amide bonds. The second kappa shape index (κ2) is 6.79. The van der Waals surface area contributed by atoms with E-state index < -0.39 is 0 Å². The van der Waals surface area contributed by atoms with E-state index in [0.717, 1.165) is 34.3 Å². The molecule has 2 aromatic carbocycles. The van der Waals surface area contributed by atoms with Crippen molar-refractivity contribution in [3.63, 3.8) is 0 Å². The van der Waals surface area contributed by atoms with Crippen molar-refractivity contribution in [2.75, 3.05) is 5.32 Å². The van der Waals surface area contributed by atoms with Gasteiger partial charge in [-0.2, -0.15) is 0 Å². The summed E-state index contributed by atoms with van der Waals surface area (Å²) in [6.45, 7) is 12.5. The monoisotopic (exact) mass is 400 g/mol. The highest BCUT2D eigenvalue weighted by Crippen LogP contribution is 2.31. The van der Waals surface area contributed by atoms with Crippen LogP contribution in [0.25, 0.3) is 11.0 Å². The fourth-order valence-corrected chi connectivity index (χ4v) is 3.37. The van der Waals surface area contributed by atoms with Crippen LogP contribution in [0.3, 0.4) is 0 Å². The lowest BCUT2D eigenvalue weighted by Gasteiger charge is -2.18. The van der Waals surface area contributed by atoms with Crippen LogP contribution in [0.1, 0.15) is 37.5 Å². The Morgan fingerprint density at radius 3 is 2.52 bits per heavy atom. The quantitative estimate of drug-likeness (QED) is 0.631. The van der Waals surface area contributed by atoms with Crippen LogP contribution in [0.2, 0.25) is 0 Å². The number of hydrogen-bond donors (Lipinski definition) is 1. The molecule has 4 nitrogen and oxygen atoms in total. The number of fused-ring (bicyclic) bond motifs is 1. The van der Waals surface area contributed by atoms with Crippen molar-refractivity contribution in [1.82, 2.24) is 15.0 Å². The summed E-state index contributed by atoms with van der Waals surface area (Å²) >= 11 is 3.70. The highest BCUT2D eigenvalue weighted by Gasteiger charge is 2.17. The lowest BCUT2D eigenvalue weighted by Crippen LogP contribution is -2.16. The maximum Gasteiger partial charge on any atom is 0.129 e. The Balaban J connectivity index is 1.83. The SMILES string of the molecule is Cc1ccc(CNc2ccc3c(nnn3CC(C)(C)C)c2Br)cc1C. The number of aryl methyl sites for hydroxylation is 2. The van der Waals surface area contributed by atoms with Crippen molar-refractivity contribution in [1.29, 1.82) is 0 Å². The zero-order valence-electron chi connectivity index (χ0n) is 15.5. The van der Waals surface area contributed by atoms with Gasteiger partial charge in [-0.1, -0.05) is 44.2 Å². The molecule has 0 aliphatic heterocycles. The van der Waals surface area contributed by atoms with Gasteiger partial charge in [0.1, 0.15) is 5.52 Å². The van der Waals surface area contributed by atoms with Gasteiger partial charge in [-0.3, -0.25) is 0 Å². The number of anilines is 1. The first-order chi connectivity index (χ1) is 11.7. The molecule has 1 N–H and O–H groups in total. The number of nitrogens with zero attached hydrogens (tertiary/aromatic N) is 3. The zero-order valence-corrected chi connectivity index (χ0v) is 17.1. The molecular formula is C20H25BrN4. The third kappa shape index (κ3) is 4.03. The number of aromatic nitrogens is 3. The summed E-state index contributed by atoms with van der Waals surface area (Å²) in [6.07, 6.45) is 0. The topological polar surface area (TPSA) is 42.7 Å². The predicted molar refractivity (Wildman–Crippen MR) is 108 cm³/mol. The molecule has 0 saturated carbocycles. The second-order valence-electron chi connectivity index (χ2n) is 7.87. The van der Waals surface area contributed by atoms with Gasteiger partial charge in [-0.15, -0.1) is 5.10 Å². The summed E-state index contributed by atoms with van der Waals surface area (Å²) in [5.41, 5.74) is 7.06. The average molecular weight is 401 g/mol. The minimum Gasteiger partial charge on any atom is -0.380 e. The summed E-state index contributed by atoms with van der Waals surface area (Å²) in [7, 11) is 0. The number of rotatable bonds is 4. The standard InChI is InChI=1S/C20H25BrN4/c1-13-6-7-15(10-14(13)2)11-22-16-8-9-17-19(18(16)21)23-24-25(17)12-20(3,4)5/h6-10,22H,11-12H2,1-5H3. The van der Waals surface area contributed by atoms with E-state index in [-0.39, 0.29) is 5.41 Å². The smallest absolute Gasteiger partial charge is 0.129 e. The summed E-state index contributed by atoms with van der Waals surface area (Å²) in [6, 6.07) is 10.8. The second-order valence-corrected chi connectivity index (χ2v) is 8.67. The van der Waals surface area contributed by atoms with Gasteiger partial charge < -0.3 is 5.32 Å². The number of benzene rings is 2. The van der Waals surface area contributed by atoms with Crippen LogP contribution in [0.15, 0.2) is 34.8 Å². The highest BCUT2D eigenvalue weighted by atomic mass is 79.9. The molecule has 1 aromatic heterocycles. The molecule has 3 aromatic rings. The third-order valence-corrected chi connectivity index (χ3v) is 5.11. The van der Waals surface area contributed by atoms with E-state index >= 15 is 0 Å². The van der Waals surface area contributed by atoms with Gasteiger partial charge in [-0.25, -0.2) is 4.68 Å². The van der Waals surface area contributed by atoms with Crippen LogP contribution in [0.5, 0.6) is 0 Å². The van der Waals surface area contributed by atoms with Crippen molar-refractivity contribution in [2.24, 2.45) is 5.41 Å². The number of hydrogen-bond acceptors (Lipinski definition) is 3. The van der Waals surface area contributed by atoms with Crippen LogP contribution in [0.4, 0.5) is 5.69 Å². The van der Waals surface area contributed by atoms with Crippen LogP contribution in [-0.4, -0.2) is 15.0 Å². The van der Waals surface area contributed by atoms with Crippen LogP contribution in [0, 0.1) is 19.3 Å². The molecule has 25 heavy (non-hydrogen) atoms. The molecule has 0 saturated heterocycles. The van der Waals surface area contributed by atoms with Crippen LogP contribution < -0.4 is 5.32 Å². The molecule has 0 radical (unpaired) electrons. The molecule has 3 rings (SSSR count). The Morgan fingerprint density at radius 1 is 1.08 bits per heavy atom. The lowest BCUT2D eigenvalue weighted by atomic mass is 9.97. The first kappa shape index (κ1) is 17.9. The van der Waals surface area contributed by atoms with Crippen molar-refractivity contribution >= 4 is 32.7 Å². The van der Waals surface area contributed by atoms with E-state index in [1.807, 2.05) is 4.68 Å². The van der Waals surface area contributed by atoms with Crippen molar-refractivity contribution in [3.8, 4) is 0 Å². The van der Waals surface area contributed by atoms with Crippen molar-refractivity contribution < 1.29 is 0 Å². The Bertz CT molecular complexity index is 906.